The summed E-state index contributed by atoms with van der Waals surface area (Å²) < 4.78 is 0. The van der Waals surface area contributed by atoms with Crippen molar-refractivity contribution in [3.63, 3.8) is 0 Å². The number of ketones is 2. The summed E-state index contributed by atoms with van der Waals surface area (Å²) in [4.78, 5) is 27.4. The van der Waals surface area contributed by atoms with Crippen molar-refractivity contribution in [2.24, 2.45) is 57.7 Å². The SMILES string of the molecule is CC1=C(C#N)C(=O)C(C)(C)C2(C)C1C1=CC(=O)C3C4CCCCC4CCC3C1C(C)C2(C)C. The summed E-state index contributed by atoms with van der Waals surface area (Å²) in [5.41, 5.74) is 1.33. The highest BCUT2D eigenvalue weighted by atomic mass is 16.1. The highest BCUT2D eigenvalue weighted by Crippen LogP contribution is 2.73. The third-order valence-corrected chi connectivity index (χ3v) is 12.2. The van der Waals surface area contributed by atoms with Crippen LogP contribution < -0.4 is 0 Å². The molecule has 3 fully saturated rings. The Morgan fingerprint density at radius 3 is 2.27 bits per heavy atom. The summed E-state index contributed by atoms with van der Waals surface area (Å²) in [7, 11) is 0. The van der Waals surface area contributed by atoms with Crippen LogP contribution in [0.25, 0.3) is 0 Å². The number of allylic oxidation sites excluding steroid dienone is 4. The molecule has 3 nitrogen and oxygen atoms in total. The maximum Gasteiger partial charge on any atom is 0.179 e. The number of carbonyl (C=O) groups excluding carboxylic acids is 2. The van der Waals surface area contributed by atoms with E-state index in [9.17, 15) is 14.9 Å². The van der Waals surface area contributed by atoms with Crippen molar-refractivity contribution in [3.05, 3.63) is 22.8 Å². The van der Waals surface area contributed by atoms with Gasteiger partial charge >= 0.3 is 0 Å². The molecule has 0 saturated heterocycles. The number of hydrogen-bond donors (Lipinski definition) is 0. The van der Waals surface area contributed by atoms with Crippen molar-refractivity contribution in [2.45, 2.75) is 87.0 Å². The molecular weight excluding hydrogens is 406 g/mol. The topological polar surface area (TPSA) is 57.9 Å². The van der Waals surface area contributed by atoms with Gasteiger partial charge in [0.25, 0.3) is 0 Å². The van der Waals surface area contributed by atoms with Gasteiger partial charge in [0.05, 0.1) is 5.57 Å². The number of rotatable bonds is 0. The second-order valence-electron chi connectivity index (χ2n) is 13.3. The molecule has 33 heavy (non-hydrogen) atoms. The summed E-state index contributed by atoms with van der Waals surface area (Å²) in [5.74, 6) is 2.91. The van der Waals surface area contributed by atoms with E-state index < -0.39 is 5.41 Å². The van der Waals surface area contributed by atoms with E-state index >= 15 is 0 Å². The normalized spacial score (nSPS) is 45.8. The molecule has 5 aliphatic carbocycles. The van der Waals surface area contributed by atoms with Gasteiger partial charge in [-0.15, -0.1) is 0 Å². The van der Waals surface area contributed by atoms with Crippen LogP contribution >= 0.6 is 0 Å². The van der Waals surface area contributed by atoms with Crippen LogP contribution in [0.2, 0.25) is 0 Å². The van der Waals surface area contributed by atoms with Crippen molar-refractivity contribution in [2.75, 3.05) is 0 Å². The number of carbonyl (C=O) groups is 2. The first-order valence-corrected chi connectivity index (χ1v) is 13.3. The molecule has 0 heterocycles. The molecule has 5 rings (SSSR count). The second kappa shape index (κ2) is 7.16. The third kappa shape index (κ3) is 2.62. The summed E-state index contributed by atoms with van der Waals surface area (Å²) in [6, 6.07) is 2.27. The summed E-state index contributed by atoms with van der Waals surface area (Å²) >= 11 is 0. The van der Waals surface area contributed by atoms with Crippen molar-refractivity contribution < 1.29 is 9.59 Å². The van der Waals surface area contributed by atoms with Gasteiger partial charge in [0, 0.05) is 17.3 Å². The Bertz CT molecular complexity index is 1020. The van der Waals surface area contributed by atoms with Gasteiger partial charge in [0.2, 0.25) is 0 Å². The van der Waals surface area contributed by atoms with Gasteiger partial charge in [-0.2, -0.15) is 5.26 Å². The average molecular weight is 448 g/mol. The van der Waals surface area contributed by atoms with Crippen LogP contribution in [0.4, 0.5) is 0 Å². The number of nitriles is 1. The fourth-order valence-electron chi connectivity index (χ4n) is 9.82. The molecule has 8 unspecified atom stereocenters. The van der Waals surface area contributed by atoms with Crippen molar-refractivity contribution in [1.82, 2.24) is 0 Å². The number of Topliss-reactive ketones (excluding diaryl/α,β-unsaturated/α-hetero) is 1. The molecule has 8 atom stereocenters. The van der Waals surface area contributed by atoms with Crippen LogP contribution in [0.1, 0.15) is 87.0 Å². The van der Waals surface area contributed by atoms with Crippen LogP contribution in [0.5, 0.6) is 0 Å². The van der Waals surface area contributed by atoms with Gasteiger partial charge in [-0.1, -0.05) is 66.4 Å². The molecular formula is C30H41NO2. The lowest BCUT2D eigenvalue weighted by atomic mass is 9.34. The lowest BCUT2D eigenvalue weighted by molar-refractivity contribution is -0.169. The molecule has 3 heteroatoms. The first kappa shape index (κ1) is 23.1. The summed E-state index contributed by atoms with van der Waals surface area (Å²) in [6.45, 7) is 15.5. The Balaban J connectivity index is 1.73. The van der Waals surface area contributed by atoms with E-state index in [-0.39, 0.29) is 28.4 Å². The molecule has 0 aromatic rings. The Hall–Kier alpha value is -1.69. The number of hydrogen-bond acceptors (Lipinski definition) is 3. The first-order chi connectivity index (χ1) is 15.4. The van der Waals surface area contributed by atoms with E-state index in [0.717, 1.165) is 17.9 Å². The zero-order chi connectivity index (χ0) is 24.1. The standard InChI is InChI=1S/C30H41NO2/c1-16-22(15-31)27(33)29(5,6)30(7)26(16)21-14-23(32)25-19-11-9-8-10-18(19)12-13-20(25)24(21)17(2)28(30,3)4/h14,17-20,24-26H,8-13H2,1-7H3. The fraction of sp³-hybridized carbons (Fsp3) is 0.767. The monoisotopic (exact) mass is 447 g/mol. The van der Waals surface area contributed by atoms with Gasteiger partial charge in [-0.3, -0.25) is 9.59 Å². The maximum atomic E-state index is 13.8. The highest BCUT2D eigenvalue weighted by molar-refractivity contribution is 6.05. The van der Waals surface area contributed by atoms with Crippen molar-refractivity contribution in [1.29, 1.82) is 5.26 Å². The largest absolute Gasteiger partial charge is 0.295 e. The first-order valence-electron chi connectivity index (χ1n) is 13.3. The van der Waals surface area contributed by atoms with Crippen LogP contribution in [-0.2, 0) is 9.59 Å². The molecule has 5 aliphatic rings. The zero-order valence-corrected chi connectivity index (χ0v) is 21.6. The van der Waals surface area contributed by atoms with Gasteiger partial charge in [-0.05, 0) is 78.3 Å². The minimum Gasteiger partial charge on any atom is -0.295 e. The minimum atomic E-state index is -0.674. The van der Waals surface area contributed by atoms with Crippen LogP contribution in [-0.4, -0.2) is 11.6 Å². The minimum absolute atomic E-state index is 0.0231. The Morgan fingerprint density at radius 1 is 0.939 bits per heavy atom. The van der Waals surface area contributed by atoms with E-state index in [0.29, 0.717) is 35.0 Å². The fourth-order valence-corrected chi connectivity index (χ4v) is 9.82. The molecule has 0 radical (unpaired) electrons. The quantitative estimate of drug-likeness (QED) is 0.415. The maximum absolute atomic E-state index is 13.8. The molecule has 0 N–H and O–H groups in total. The van der Waals surface area contributed by atoms with E-state index in [4.69, 9.17) is 0 Å². The second-order valence-corrected chi connectivity index (χ2v) is 13.3. The average Bonchev–Trinajstić information content (AvgIpc) is 2.77. The molecule has 3 saturated carbocycles. The van der Waals surface area contributed by atoms with Crippen molar-refractivity contribution in [3.8, 4) is 6.07 Å². The molecule has 0 aromatic carbocycles. The number of nitrogens with zero attached hydrogens (tertiary/aromatic N) is 1. The molecule has 0 amide bonds. The third-order valence-electron chi connectivity index (χ3n) is 12.2. The van der Waals surface area contributed by atoms with E-state index in [2.05, 4.69) is 33.8 Å². The molecule has 178 valence electrons. The smallest absolute Gasteiger partial charge is 0.179 e. The van der Waals surface area contributed by atoms with E-state index in [1.165, 1.54) is 37.7 Å². The molecule has 0 aromatic heterocycles. The summed E-state index contributed by atoms with van der Waals surface area (Å²) in [6.07, 6.45) is 9.55. The Morgan fingerprint density at radius 2 is 1.61 bits per heavy atom. The lowest BCUT2D eigenvalue weighted by Gasteiger charge is -2.69. The Kier molecular flexibility index (Phi) is 5.00. The lowest BCUT2D eigenvalue weighted by Crippen LogP contribution is -2.66. The van der Waals surface area contributed by atoms with Crippen LogP contribution in [0.15, 0.2) is 22.8 Å². The van der Waals surface area contributed by atoms with Gasteiger partial charge < -0.3 is 0 Å². The molecule has 0 bridgehead atoms. The highest BCUT2D eigenvalue weighted by Gasteiger charge is 2.69. The van der Waals surface area contributed by atoms with Gasteiger partial charge in [-0.25, -0.2) is 0 Å². The predicted molar refractivity (Wildman–Crippen MR) is 130 cm³/mol. The van der Waals surface area contributed by atoms with Crippen LogP contribution in [0.3, 0.4) is 0 Å². The van der Waals surface area contributed by atoms with E-state index in [1.807, 2.05) is 26.8 Å². The van der Waals surface area contributed by atoms with Gasteiger partial charge in [0.15, 0.2) is 11.6 Å². The molecule has 0 aliphatic heterocycles. The predicted octanol–water partition coefficient (Wildman–Crippen LogP) is 6.69. The molecule has 0 spiro atoms. The van der Waals surface area contributed by atoms with Crippen molar-refractivity contribution >= 4 is 11.6 Å². The Labute approximate surface area is 200 Å². The summed E-state index contributed by atoms with van der Waals surface area (Å²) in [5, 5.41) is 9.97. The zero-order valence-electron chi connectivity index (χ0n) is 21.6. The number of fused-ring (bicyclic) bond motifs is 7. The van der Waals surface area contributed by atoms with E-state index in [1.54, 1.807) is 0 Å². The van der Waals surface area contributed by atoms with Gasteiger partial charge in [0.1, 0.15) is 6.07 Å². The van der Waals surface area contributed by atoms with Crippen LogP contribution in [0, 0.1) is 69.0 Å².